The van der Waals surface area contributed by atoms with Crippen LogP contribution >= 0.6 is 11.6 Å². The van der Waals surface area contributed by atoms with Gasteiger partial charge in [-0.25, -0.2) is 4.90 Å². The number of nitrogen functional groups attached to an aromatic ring is 1. The third-order valence-corrected chi connectivity index (χ3v) is 3.01. The molecule has 1 aromatic carbocycles. The van der Waals surface area contributed by atoms with Crippen molar-refractivity contribution in [1.82, 2.24) is 0 Å². The number of piperidine rings is 1. The molecule has 0 aliphatic carbocycles. The summed E-state index contributed by atoms with van der Waals surface area (Å²) in [6.07, 6.45) is 0.738. The summed E-state index contributed by atoms with van der Waals surface area (Å²) < 4.78 is 0. The number of rotatable bonds is 1. The van der Waals surface area contributed by atoms with E-state index in [1.54, 1.807) is 12.1 Å². The summed E-state index contributed by atoms with van der Waals surface area (Å²) >= 11 is 5.78. The summed E-state index contributed by atoms with van der Waals surface area (Å²) in [5.74, 6) is -0.315. The number of anilines is 2. The highest BCUT2D eigenvalue weighted by Crippen LogP contribution is 2.31. The minimum absolute atomic E-state index is 0.0970. The standard InChI is InChI=1S/C12H13ClN2O2/c1-7-4-11(16)15(12(17)5-7)10-3-2-8(13)6-9(10)14/h2-3,6-7H,4-5,14H2,1H3. The van der Waals surface area contributed by atoms with Crippen molar-refractivity contribution >= 4 is 34.8 Å². The number of hydrogen-bond donors (Lipinski definition) is 1. The lowest BCUT2D eigenvalue weighted by molar-refractivity contribution is -0.130. The zero-order chi connectivity index (χ0) is 12.6. The zero-order valence-corrected chi connectivity index (χ0v) is 10.2. The minimum Gasteiger partial charge on any atom is -0.397 e. The second-order valence-electron chi connectivity index (χ2n) is 4.34. The smallest absolute Gasteiger partial charge is 0.234 e. The van der Waals surface area contributed by atoms with Gasteiger partial charge in [0.2, 0.25) is 11.8 Å². The molecule has 5 heteroatoms. The molecule has 0 spiro atoms. The van der Waals surface area contributed by atoms with E-state index in [2.05, 4.69) is 0 Å². The fourth-order valence-corrected chi connectivity index (χ4v) is 2.17. The quantitative estimate of drug-likeness (QED) is 0.616. The Balaban J connectivity index is 2.38. The molecule has 1 aromatic rings. The van der Waals surface area contributed by atoms with Crippen LogP contribution in [-0.4, -0.2) is 11.8 Å². The lowest BCUT2D eigenvalue weighted by Crippen LogP contribution is -2.43. The fraction of sp³-hybridized carbons (Fsp3) is 0.333. The molecule has 2 rings (SSSR count). The van der Waals surface area contributed by atoms with Crippen LogP contribution in [0.15, 0.2) is 18.2 Å². The van der Waals surface area contributed by atoms with Crippen LogP contribution in [0.2, 0.25) is 5.02 Å². The van der Waals surface area contributed by atoms with Crippen molar-refractivity contribution < 1.29 is 9.59 Å². The first-order chi connectivity index (χ1) is 7.99. The SMILES string of the molecule is CC1CC(=O)N(c2ccc(Cl)cc2N)C(=O)C1. The van der Waals surface area contributed by atoms with Crippen molar-refractivity contribution in [1.29, 1.82) is 0 Å². The van der Waals surface area contributed by atoms with E-state index in [4.69, 9.17) is 17.3 Å². The van der Waals surface area contributed by atoms with Gasteiger partial charge in [0.1, 0.15) is 0 Å². The van der Waals surface area contributed by atoms with E-state index in [9.17, 15) is 9.59 Å². The van der Waals surface area contributed by atoms with Crippen molar-refractivity contribution in [2.24, 2.45) is 5.92 Å². The molecule has 1 aliphatic rings. The predicted octanol–water partition coefficient (Wildman–Crippen LogP) is 2.21. The first kappa shape index (κ1) is 11.9. The molecule has 2 amide bonds. The minimum atomic E-state index is -0.206. The Hall–Kier alpha value is -1.55. The molecular weight excluding hydrogens is 240 g/mol. The molecule has 1 heterocycles. The summed E-state index contributed by atoms with van der Waals surface area (Å²) in [4.78, 5) is 24.9. The number of imide groups is 1. The average molecular weight is 253 g/mol. The Labute approximate surface area is 104 Å². The molecule has 0 aromatic heterocycles. The van der Waals surface area contributed by atoms with Crippen molar-refractivity contribution in [3.63, 3.8) is 0 Å². The van der Waals surface area contributed by atoms with Gasteiger partial charge in [-0.15, -0.1) is 0 Å². The third-order valence-electron chi connectivity index (χ3n) is 2.78. The van der Waals surface area contributed by atoms with Crippen LogP contribution in [0.3, 0.4) is 0 Å². The molecular formula is C12H13ClN2O2. The number of nitrogens with zero attached hydrogens (tertiary/aromatic N) is 1. The number of carbonyl (C=O) groups excluding carboxylic acids is 2. The van der Waals surface area contributed by atoms with Gasteiger partial charge in [-0.2, -0.15) is 0 Å². The lowest BCUT2D eigenvalue weighted by atomic mass is 9.97. The summed E-state index contributed by atoms with van der Waals surface area (Å²) in [5.41, 5.74) is 6.55. The van der Waals surface area contributed by atoms with Crippen molar-refractivity contribution in [3.8, 4) is 0 Å². The summed E-state index contributed by atoms with van der Waals surface area (Å²) in [6, 6.07) is 4.75. The zero-order valence-electron chi connectivity index (χ0n) is 9.44. The van der Waals surface area contributed by atoms with Gasteiger partial charge in [-0.1, -0.05) is 18.5 Å². The van der Waals surface area contributed by atoms with Crippen LogP contribution in [0.1, 0.15) is 19.8 Å². The van der Waals surface area contributed by atoms with E-state index in [1.165, 1.54) is 6.07 Å². The second-order valence-corrected chi connectivity index (χ2v) is 4.78. The highest BCUT2D eigenvalue weighted by molar-refractivity contribution is 6.31. The van der Waals surface area contributed by atoms with Crippen LogP contribution in [0.5, 0.6) is 0 Å². The van der Waals surface area contributed by atoms with Gasteiger partial charge < -0.3 is 5.73 Å². The van der Waals surface area contributed by atoms with Gasteiger partial charge in [-0.05, 0) is 24.1 Å². The number of carbonyl (C=O) groups is 2. The van der Waals surface area contributed by atoms with E-state index in [1.807, 2.05) is 6.92 Å². The number of halogens is 1. The van der Waals surface area contributed by atoms with Crippen molar-refractivity contribution in [2.45, 2.75) is 19.8 Å². The summed E-state index contributed by atoms with van der Waals surface area (Å²) in [6.45, 7) is 1.89. The maximum Gasteiger partial charge on any atom is 0.234 e. The van der Waals surface area contributed by atoms with Crippen LogP contribution in [-0.2, 0) is 9.59 Å². The maximum atomic E-state index is 11.9. The number of benzene rings is 1. The lowest BCUT2D eigenvalue weighted by Gasteiger charge is -2.29. The molecule has 0 unspecified atom stereocenters. The van der Waals surface area contributed by atoms with E-state index < -0.39 is 0 Å². The molecule has 1 aliphatic heterocycles. The molecule has 0 atom stereocenters. The molecule has 0 radical (unpaired) electrons. The van der Waals surface area contributed by atoms with Crippen LogP contribution in [0, 0.1) is 5.92 Å². The van der Waals surface area contributed by atoms with Gasteiger partial charge >= 0.3 is 0 Å². The average Bonchev–Trinajstić information content (AvgIpc) is 2.19. The predicted molar refractivity (Wildman–Crippen MR) is 66.8 cm³/mol. The van der Waals surface area contributed by atoms with E-state index in [0.29, 0.717) is 29.2 Å². The summed E-state index contributed by atoms with van der Waals surface area (Å²) in [5, 5.41) is 0.483. The number of hydrogen-bond acceptors (Lipinski definition) is 3. The first-order valence-corrected chi connectivity index (χ1v) is 5.77. The molecule has 1 saturated heterocycles. The highest BCUT2D eigenvalue weighted by atomic mass is 35.5. The van der Waals surface area contributed by atoms with Gasteiger partial charge in [0, 0.05) is 17.9 Å². The molecule has 0 saturated carbocycles. The van der Waals surface area contributed by atoms with Gasteiger partial charge in [-0.3, -0.25) is 9.59 Å². The number of amides is 2. The molecule has 0 bridgehead atoms. The van der Waals surface area contributed by atoms with Gasteiger partial charge in [0.05, 0.1) is 11.4 Å². The molecule has 1 fully saturated rings. The maximum absolute atomic E-state index is 11.9. The fourth-order valence-electron chi connectivity index (χ4n) is 1.99. The topological polar surface area (TPSA) is 63.4 Å². The van der Waals surface area contributed by atoms with Gasteiger partial charge in [0.25, 0.3) is 0 Å². The Morgan fingerprint density at radius 2 is 1.88 bits per heavy atom. The monoisotopic (exact) mass is 252 g/mol. The highest BCUT2D eigenvalue weighted by Gasteiger charge is 2.32. The van der Waals surface area contributed by atoms with Crippen molar-refractivity contribution in [3.05, 3.63) is 23.2 Å². The van der Waals surface area contributed by atoms with E-state index in [-0.39, 0.29) is 17.7 Å². The third kappa shape index (κ3) is 2.26. The van der Waals surface area contributed by atoms with Crippen molar-refractivity contribution in [2.75, 3.05) is 10.6 Å². The Kier molecular flexibility index (Phi) is 3.07. The van der Waals surface area contributed by atoms with Crippen LogP contribution in [0.4, 0.5) is 11.4 Å². The Morgan fingerprint density at radius 1 is 1.29 bits per heavy atom. The van der Waals surface area contributed by atoms with Crippen LogP contribution < -0.4 is 10.6 Å². The van der Waals surface area contributed by atoms with Gasteiger partial charge in [0.15, 0.2) is 0 Å². The molecule has 90 valence electrons. The first-order valence-electron chi connectivity index (χ1n) is 5.40. The summed E-state index contributed by atoms with van der Waals surface area (Å²) in [7, 11) is 0. The van der Waals surface area contributed by atoms with E-state index in [0.717, 1.165) is 4.90 Å². The van der Waals surface area contributed by atoms with Crippen LogP contribution in [0.25, 0.3) is 0 Å². The van der Waals surface area contributed by atoms with E-state index >= 15 is 0 Å². The largest absolute Gasteiger partial charge is 0.397 e. The molecule has 4 nitrogen and oxygen atoms in total. The Bertz CT molecular complexity index is 469. The normalized spacial score (nSPS) is 17.6. The molecule has 17 heavy (non-hydrogen) atoms. The molecule has 2 N–H and O–H groups in total. The number of nitrogens with two attached hydrogens (primary N) is 1. The Morgan fingerprint density at radius 3 is 2.41 bits per heavy atom. The second kappa shape index (κ2) is 4.37.